The minimum atomic E-state index is -5.28. The Morgan fingerprint density at radius 2 is 1.85 bits per heavy atom. The molecule has 0 aliphatic carbocycles. The Morgan fingerprint density at radius 1 is 1.31 bits per heavy atom. The Balaban J connectivity index is 0.00000144. The normalized spacial score (nSPS) is 10.8. The second-order valence-corrected chi connectivity index (χ2v) is 2.47. The van der Waals surface area contributed by atoms with Gasteiger partial charge in [-0.05, 0) is 6.07 Å². The first-order valence-corrected chi connectivity index (χ1v) is 3.30. The molecule has 1 nitrogen and oxygen atoms in total. The Labute approximate surface area is 119 Å². The van der Waals surface area contributed by atoms with E-state index >= 15 is 0 Å². The van der Waals surface area contributed by atoms with Gasteiger partial charge >= 0.3 is 58.4 Å². The predicted molar refractivity (Wildman–Crippen MR) is 37.9 cm³/mol. The van der Waals surface area contributed by atoms with Gasteiger partial charge in [-0.2, -0.15) is 0 Å². The van der Waals surface area contributed by atoms with E-state index in [9.17, 15) is 17.3 Å². The van der Waals surface area contributed by atoms with Gasteiger partial charge in [-0.15, -0.1) is 0 Å². The number of rotatable bonds is 1. The zero-order valence-corrected chi connectivity index (χ0v) is 10.4. The molecule has 0 radical (unpaired) electrons. The van der Waals surface area contributed by atoms with Crippen LogP contribution in [0.25, 0.3) is 0 Å². The van der Waals surface area contributed by atoms with Crippen molar-refractivity contribution in [1.29, 1.82) is 0 Å². The number of hydrogen-bond donors (Lipinski definition) is 0. The van der Waals surface area contributed by atoms with Gasteiger partial charge in [0.15, 0.2) is 0 Å². The molecular formula is C5H2BClF4KN. The van der Waals surface area contributed by atoms with Crippen LogP contribution >= 0.6 is 11.6 Å². The molecule has 8 heteroatoms. The fourth-order valence-electron chi connectivity index (χ4n) is 0.668. The minimum absolute atomic E-state index is 0. The third-order valence-electron chi connectivity index (χ3n) is 1.19. The largest absolute Gasteiger partial charge is 1.00 e. The van der Waals surface area contributed by atoms with E-state index in [0.29, 0.717) is 12.3 Å². The van der Waals surface area contributed by atoms with Crippen LogP contribution in [0.3, 0.4) is 0 Å². The van der Waals surface area contributed by atoms with E-state index in [4.69, 9.17) is 11.6 Å². The average Bonchev–Trinajstić information content (AvgIpc) is 1.92. The molecule has 0 unspecified atom stereocenters. The second kappa shape index (κ2) is 5.09. The minimum Gasteiger partial charge on any atom is -0.445 e. The SMILES string of the molecule is Fc1cnc(Cl)c([B-](F)(F)F)c1.[K+]. The van der Waals surface area contributed by atoms with Crippen LogP contribution in [0.5, 0.6) is 0 Å². The van der Waals surface area contributed by atoms with E-state index in [-0.39, 0.29) is 51.4 Å². The fourth-order valence-corrected chi connectivity index (χ4v) is 0.895. The number of halogens is 5. The molecule has 1 aromatic heterocycles. The first-order valence-electron chi connectivity index (χ1n) is 2.92. The van der Waals surface area contributed by atoms with Gasteiger partial charge < -0.3 is 12.9 Å². The van der Waals surface area contributed by atoms with Crippen LogP contribution < -0.4 is 56.8 Å². The first kappa shape index (κ1) is 13.9. The van der Waals surface area contributed by atoms with Crippen LogP contribution in [0.15, 0.2) is 12.3 Å². The van der Waals surface area contributed by atoms with Crippen molar-refractivity contribution in [1.82, 2.24) is 4.98 Å². The van der Waals surface area contributed by atoms with Crippen LogP contribution in [-0.2, 0) is 0 Å². The van der Waals surface area contributed by atoms with Crippen LogP contribution in [0.2, 0.25) is 5.15 Å². The summed E-state index contributed by atoms with van der Waals surface area (Å²) in [6.45, 7) is -5.28. The molecule has 13 heavy (non-hydrogen) atoms. The summed E-state index contributed by atoms with van der Waals surface area (Å²) < 4.78 is 48.3. The van der Waals surface area contributed by atoms with Gasteiger partial charge in [0.1, 0.15) is 11.0 Å². The molecule has 0 atom stereocenters. The summed E-state index contributed by atoms with van der Waals surface area (Å²) in [6, 6.07) is 0.329. The molecule has 1 heterocycles. The van der Waals surface area contributed by atoms with Crippen LogP contribution in [0.4, 0.5) is 17.3 Å². The van der Waals surface area contributed by atoms with Gasteiger partial charge in [0.05, 0.1) is 6.20 Å². The molecule has 0 aliphatic rings. The van der Waals surface area contributed by atoms with Crippen LogP contribution in [0.1, 0.15) is 0 Å². The van der Waals surface area contributed by atoms with E-state index in [1.54, 1.807) is 0 Å². The fraction of sp³-hybridized carbons (Fsp3) is 0. The van der Waals surface area contributed by atoms with Crippen molar-refractivity contribution in [3.63, 3.8) is 0 Å². The molecule has 0 saturated heterocycles. The van der Waals surface area contributed by atoms with Crippen molar-refractivity contribution in [3.8, 4) is 0 Å². The maximum Gasteiger partial charge on any atom is 1.00 e. The van der Waals surface area contributed by atoms with Crippen LogP contribution in [0, 0.1) is 5.82 Å². The Hall–Kier alpha value is 0.861. The van der Waals surface area contributed by atoms with Crippen molar-refractivity contribution in [2.75, 3.05) is 0 Å². The topological polar surface area (TPSA) is 12.9 Å². The molecule has 0 aliphatic heterocycles. The van der Waals surface area contributed by atoms with Gasteiger partial charge in [-0.25, -0.2) is 9.37 Å². The molecule has 0 aromatic carbocycles. The predicted octanol–water partition coefficient (Wildman–Crippen LogP) is -1.07. The molecule has 66 valence electrons. The summed E-state index contributed by atoms with van der Waals surface area (Å²) in [5, 5.41) is -0.719. The zero-order chi connectivity index (χ0) is 9.35. The molecule has 0 bridgehead atoms. The summed E-state index contributed by atoms with van der Waals surface area (Å²) in [5.41, 5.74) is -1.20. The van der Waals surface area contributed by atoms with Crippen molar-refractivity contribution in [2.24, 2.45) is 0 Å². The second-order valence-electron chi connectivity index (χ2n) is 2.11. The van der Waals surface area contributed by atoms with Crippen molar-refractivity contribution < 1.29 is 68.7 Å². The first-order chi connectivity index (χ1) is 5.41. The van der Waals surface area contributed by atoms with Crippen molar-refractivity contribution >= 4 is 24.0 Å². The Kier molecular flexibility index (Phi) is 5.42. The summed E-state index contributed by atoms with van der Waals surface area (Å²) in [4.78, 5) is 3.03. The molecule has 0 fully saturated rings. The quantitative estimate of drug-likeness (QED) is 0.344. The molecule has 1 rings (SSSR count). The van der Waals surface area contributed by atoms with Crippen molar-refractivity contribution in [2.45, 2.75) is 0 Å². The number of aromatic nitrogens is 1. The summed E-state index contributed by atoms with van der Waals surface area (Å²) in [6.07, 6.45) is 0.633. The average molecular weight is 237 g/mol. The van der Waals surface area contributed by atoms with Gasteiger partial charge in [-0.3, -0.25) is 0 Å². The summed E-state index contributed by atoms with van der Waals surface area (Å²) in [7, 11) is 0. The van der Waals surface area contributed by atoms with Gasteiger partial charge in [0, 0.05) is 0 Å². The van der Waals surface area contributed by atoms with E-state index in [1.807, 2.05) is 0 Å². The van der Waals surface area contributed by atoms with Gasteiger partial charge in [-0.1, -0.05) is 17.1 Å². The molecule has 0 saturated carbocycles. The maximum atomic E-state index is 12.3. The number of nitrogens with zero attached hydrogens (tertiary/aromatic N) is 1. The smallest absolute Gasteiger partial charge is 0.445 e. The molecule has 0 spiro atoms. The van der Waals surface area contributed by atoms with E-state index in [0.717, 1.165) is 0 Å². The Morgan fingerprint density at radius 3 is 2.23 bits per heavy atom. The van der Waals surface area contributed by atoms with E-state index in [1.165, 1.54) is 0 Å². The van der Waals surface area contributed by atoms with Crippen LogP contribution in [-0.4, -0.2) is 12.0 Å². The molecule has 0 N–H and O–H groups in total. The third-order valence-corrected chi connectivity index (χ3v) is 1.50. The third kappa shape index (κ3) is 3.85. The monoisotopic (exact) mass is 237 g/mol. The number of pyridine rings is 1. The van der Waals surface area contributed by atoms with E-state index < -0.39 is 23.4 Å². The zero-order valence-electron chi connectivity index (χ0n) is 6.57. The van der Waals surface area contributed by atoms with Crippen molar-refractivity contribution in [3.05, 3.63) is 23.2 Å². The van der Waals surface area contributed by atoms with Gasteiger partial charge in [0.25, 0.3) is 0 Å². The van der Waals surface area contributed by atoms with E-state index in [2.05, 4.69) is 4.98 Å². The molecule has 1 aromatic rings. The van der Waals surface area contributed by atoms with Gasteiger partial charge in [0.2, 0.25) is 0 Å². The number of hydrogen-bond acceptors (Lipinski definition) is 1. The summed E-state index contributed by atoms with van der Waals surface area (Å²) in [5.74, 6) is -1.05. The molecule has 0 amide bonds. The Bertz CT molecular complexity index is 305. The summed E-state index contributed by atoms with van der Waals surface area (Å²) >= 11 is 5.10. The maximum absolute atomic E-state index is 12.3. The molecular weight excluding hydrogens is 235 g/mol. The standard InChI is InChI=1S/C5H2BClF4N.K/c7-5-4(6(9,10)11)1-3(8)2-12-5;/h1-2H;/q-1;+1.